The van der Waals surface area contributed by atoms with Crippen molar-refractivity contribution in [3.8, 4) is 11.5 Å². The molecule has 1 aromatic heterocycles. The van der Waals surface area contributed by atoms with Crippen molar-refractivity contribution in [2.24, 2.45) is 4.99 Å². The number of carbonyl (C=O) groups is 1. The highest BCUT2D eigenvalue weighted by Crippen LogP contribution is 2.20. The maximum atomic E-state index is 12.4. The predicted molar refractivity (Wildman–Crippen MR) is 138 cm³/mol. The number of hydrogen-bond acceptors (Lipinski definition) is 5. The van der Waals surface area contributed by atoms with Crippen molar-refractivity contribution in [2.45, 2.75) is 58.3 Å². The lowest BCUT2D eigenvalue weighted by Crippen LogP contribution is -2.08. The molecule has 0 spiro atoms. The van der Waals surface area contributed by atoms with Crippen molar-refractivity contribution in [2.75, 3.05) is 6.61 Å². The van der Waals surface area contributed by atoms with Crippen molar-refractivity contribution >= 4 is 29.2 Å². The van der Waals surface area contributed by atoms with Crippen molar-refractivity contribution < 1.29 is 14.3 Å². The van der Waals surface area contributed by atoms with Gasteiger partial charge in [-0.2, -0.15) is 11.3 Å². The second-order valence-corrected chi connectivity index (χ2v) is 8.83. The minimum atomic E-state index is -0.393. The van der Waals surface area contributed by atoms with E-state index in [0.29, 0.717) is 11.3 Å². The molecular formula is C28H33NO3S. The van der Waals surface area contributed by atoms with Crippen LogP contribution in [0.4, 0.5) is 5.69 Å². The summed E-state index contributed by atoms with van der Waals surface area (Å²) in [6.45, 7) is 2.96. The highest BCUT2D eigenvalue weighted by molar-refractivity contribution is 7.08. The molecule has 0 fully saturated rings. The van der Waals surface area contributed by atoms with Gasteiger partial charge in [-0.3, -0.25) is 4.99 Å². The molecule has 0 aliphatic carbocycles. The van der Waals surface area contributed by atoms with E-state index in [9.17, 15) is 4.79 Å². The van der Waals surface area contributed by atoms with Gasteiger partial charge in [0.15, 0.2) is 0 Å². The zero-order valence-corrected chi connectivity index (χ0v) is 20.2. The van der Waals surface area contributed by atoms with Crippen molar-refractivity contribution in [1.82, 2.24) is 0 Å². The van der Waals surface area contributed by atoms with E-state index in [-0.39, 0.29) is 0 Å². The number of nitrogens with zero attached hydrogens (tertiary/aromatic N) is 1. The van der Waals surface area contributed by atoms with Crippen LogP contribution in [0.3, 0.4) is 0 Å². The highest BCUT2D eigenvalue weighted by Gasteiger charge is 2.08. The van der Waals surface area contributed by atoms with Crippen LogP contribution in [0.1, 0.15) is 74.2 Å². The lowest BCUT2D eigenvalue weighted by Gasteiger charge is -2.08. The zero-order valence-electron chi connectivity index (χ0n) is 19.4. The van der Waals surface area contributed by atoms with Gasteiger partial charge in [0.1, 0.15) is 11.5 Å². The third-order valence-corrected chi connectivity index (χ3v) is 6.01. The molecule has 0 unspecified atom stereocenters. The molecule has 3 aromatic rings. The van der Waals surface area contributed by atoms with Crippen LogP contribution in [0.15, 0.2) is 70.3 Å². The normalized spacial score (nSPS) is 11.1. The fourth-order valence-electron chi connectivity index (χ4n) is 3.38. The molecule has 33 heavy (non-hydrogen) atoms. The Morgan fingerprint density at radius 1 is 0.848 bits per heavy atom. The maximum Gasteiger partial charge on any atom is 0.343 e. The molecule has 5 heteroatoms. The Hall–Kier alpha value is -2.92. The molecule has 0 aliphatic heterocycles. The first kappa shape index (κ1) is 24.7. The number of rotatable bonds is 14. The molecule has 0 saturated carbocycles. The number of esters is 1. The van der Waals surface area contributed by atoms with Crippen LogP contribution < -0.4 is 9.47 Å². The van der Waals surface area contributed by atoms with Crippen LogP contribution in [0.5, 0.6) is 11.5 Å². The van der Waals surface area contributed by atoms with E-state index in [1.165, 1.54) is 44.9 Å². The Morgan fingerprint density at radius 3 is 2.18 bits per heavy atom. The quantitative estimate of drug-likeness (QED) is 0.105. The molecule has 0 bridgehead atoms. The summed E-state index contributed by atoms with van der Waals surface area (Å²) in [6, 6.07) is 16.3. The summed E-state index contributed by atoms with van der Waals surface area (Å²) in [5, 5.41) is 4.04. The number of unbranched alkanes of at least 4 members (excludes halogenated alkanes) is 7. The van der Waals surface area contributed by atoms with Crippen LogP contribution in [-0.2, 0) is 0 Å². The Balaban J connectivity index is 1.36. The third kappa shape index (κ3) is 9.22. The number of carbonyl (C=O) groups excluding carboxylic acids is 1. The first-order valence-electron chi connectivity index (χ1n) is 11.9. The van der Waals surface area contributed by atoms with Crippen LogP contribution in [0, 0.1) is 0 Å². The molecule has 0 radical (unpaired) electrons. The summed E-state index contributed by atoms with van der Waals surface area (Å²) in [4.78, 5) is 16.8. The largest absolute Gasteiger partial charge is 0.494 e. The summed E-state index contributed by atoms with van der Waals surface area (Å²) in [7, 11) is 0. The zero-order chi connectivity index (χ0) is 23.1. The minimum absolute atomic E-state index is 0.393. The Labute approximate surface area is 201 Å². The molecule has 0 amide bonds. The fraction of sp³-hybridized carbons (Fsp3) is 0.357. The number of hydrogen-bond donors (Lipinski definition) is 0. The van der Waals surface area contributed by atoms with E-state index in [4.69, 9.17) is 9.47 Å². The second-order valence-electron chi connectivity index (χ2n) is 8.05. The lowest BCUT2D eigenvalue weighted by atomic mass is 10.1. The summed E-state index contributed by atoms with van der Waals surface area (Å²) in [6.07, 6.45) is 12.0. The Kier molecular flexibility index (Phi) is 10.7. The second kappa shape index (κ2) is 14.3. The van der Waals surface area contributed by atoms with Crippen molar-refractivity contribution in [1.29, 1.82) is 0 Å². The average Bonchev–Trinajstić information content (AvgIpc) is 3.37. The van der Waals surface area contributed by atoms with Crippen molar-refractivity contribution in [3.63, 3.8) is 0 Å². The van der Waals surface area contributed by atoms with Gasteiger partial charge in [-0.25, -0.2) is 4.79 Å². The summed E-state index contributed by atoms with van der Waals surface area (Å²) < 4.78 is 11.3. The van der Waals surface area contributed by atoms with Crippen LogP contribution in [0.2, 0.25) is 0 Å². The molecule has 0 atom stereocenters. The first-order chi connectivity index (χ1) is 16.2. The van der Waals surface area contributed by atoms with Gasteiger partial charge in [-0.15, -0.1) is 0 Å². The standard InChI is InChI=1S/C28H33NO3S/c1-2-3-4-5-6-7-8-9-19-31-26-14-16-27(17-15-26)32-28(30)24-10-12-25(13-11-24)29-21-23-18-20-33-22-23/h10-18,20-22H,2-9,19H2,1H3. The minimum Gasteiger partial charge on any atom is -0.494 e. The fourth-order valence-corrected chi connectivity index (χ4v) is 3.99. The van der Waals surface area contributed by atoms with Gasteiger partial charge in [-0.1, -0.05) is 51.9 Å². The number of benzene rings is 2. The van der Waals surface area contributed by atoms with Gasteiger partial charge >= 0.3 is 5.97 Å². The van der Waals surface area contributed by atoms with E-state index < -0.39 is 5.97 Å². The number of thiophene rings is 1. The smallest absolute Gasteiger partial charge is 0.343 e. The summed E-state index contributed by atoms with van der Waals surface area (Å²) >= 11 is 1.63. The Morgan fingerprint density at radius 2 is 1.52 bits per heavy atom. The molecule has 0 N–H and O–H groups in total. The Bertz CT molecular complexity index is 963. The van der Waals surface area contributed by atoms with E-state index in [1.807, 2.05) is 47.3 Å². The predicted octanol–water partition coefficient (Wildman–Crippen LogP) is 8.24. The highest BCUT2D eigenvalue weighted by atomic mass is 32.1. The van der Waals surface area contributed by atoms with E-state index in [2.05, 4.69) is 11.9 Å². The van der Waals surface area contributed by atoms with Gasteiger partial charge < -0.3 is 9.47 Å². The molecular weight excluding hydrogens is 430 g/mol. The third-order valence-electron chi connectivity index (χ3n) is 5.31. The lowest BCUT2D eigenvalue weighted by molar-refractivity contribution is 0.0734. The molecule has 0 aliphatic rings. The topological polar surface area (TPSA) is 47.9 Å². The van der Waals surface area contributed by atoms with Crippen molar-refractivity contribution in [3.05, 3.63) is 76.5 Å². The van der Waals surface area contributed by atoms with Gasteiger partial charge in [0.05, 0.1) is 17.9 Å². The molecule has 174 valence electrons. The molecule has 4 nitrogen and oxygen atoms in total. The van der Waals surface area contributed by atoms with Gasteiger partial charge in [0.25, 0.3) is 0 Å². The summed E-state index contributed by atoms with van der Waals surface area (Å²) in [5.74, 6) is 0.903. The van der Waals surface area contributed by atoms with Crippen LogP contribution >= 0.6 is 11.3 Å². The molecule has 2 aromatic carbocycles. The molecule has 1 heterocycles. The SMILES string of the molecule is CCCCCCCCCCOc1ccc(OC(=O)c2ccc(N=Cc3ccsc3)cc2)cc1. The molecule has 3 rings (SSSR count). The van der Waals surface area contributed by atoms with E-state index >= 15 is 0 Å². The van der Waals surface area contributed by atoms with Gasteiger partial charge in [-0.05, 0) is 71.8 Å². The van der Waals surface area contributed by atoms with Gasteiger partial charge in [0.2, 0.25) is 0 Å². The number of aliphatic imine (C=N–C) groups is 1. The number of ether oxygens (including phenoxy) is 2. The van der Waals surface area contributed by atoms with E-state index in [0.717, 1.165) is 30.0 Å². The maximum absolute atomic E-state index is 12.4. The van der Waals surface area contributed by atoms with Crippen LogP contribution in [-0.4, -0.2) is 18.8 Å². The molecule has 0 saturated heterocycles. The van der Waals surface area contributed by atoms with Crippen LogP contribution in [0.25, 0.3) is 0 Å². The van der Waals surface area contributed by atoms with Gasteiger partial charge in [0, 0.05) is 11.8 Å². The summed E-state index contributed by atoms with van der Waals surface area (Å²) in [5.41, 5.74) is 2.34. The van der Waals surface area contributed by atoms with E-state index in [1.54, 1.807) is 35.6 Å². The first-order valence-corrected chi connectivity index (χ1v) is 12.8. The average molecular weight is 464 g/mol. The monoisotopic (exact) mass is 463 g/mol.